The number of halogens is 1. The maximum Gasteiger partial charge on any atom is 0.264 e. The number of nitrogens with zero attached hydrogens (tertiary/aromatic N) is 2. The molecule has 0 aliphatic heterocycles. The molecule has 0 aliphatic rings. The van der Waals surface area contributed by atoms with Gasteiger partial charge in [-0.1, -0.05) is 0 Å². The highest BCUT2D eigenvalue weighted by Gasteiger charge is 2.15. The number of alkyl halides is 1. The van der Waals surface area contributed by atoms with Crippen LogP contribution in [-0.2, 0) is 14.8 Å². The van der Waals surface area contributed by atoms with Gasteiger partial charge in [-0.3, -0.25) is 4.79 Å². The van der Waals surface area contributed by atoms with E-state index >= 15 is 0 Å². The fraction of sp³-hybridized carbons (Fsp3) is 0.214. The van der Waals surface area contributed by atoms with E-state index in [9.17, 15) is 13.2 Å². The molecule has 0 unspecified atom stereocenters. The predicted molar refractivity (Wildman–Crippen MR) is 87.9 cm³/mol. The highest BCUT2D eigenvalue weighted by Crippen LogP contribution is 2.16. The van der Waals surface area contributed by atoms with Gasteiger partial charge in [0.15, 0.2) is 0 Å². The number of nitrogens with one attached hydrogen (secondary N) is 2. The first-order valence-electron chi connectivity index (χ1n) is 6.77. The van der Waals surface area contributed by atoms with Crippen molar-refractivity contribution in [3.05, 3.63) is 42.7 Å². The van der Waals surface area contributed by atoms with E-state index in [2.05, 4.69) is 20.0 Å². The molecule has 1 aromatic heterocycles. The number of benzene rings is 1. The molecule has 1 aromatic carbocycles. The summed E-state index contributed by atoms with van der Waals surface area (Å²) < 4.78 is 26.6. The van der Waals surface area contributed by atoms with Crippen LogP contribution in [0, 0.1) is 0 Å². The fourth-order valence-electron chi connectivity index (χ4n) is 1.70. The first-order chi connectivity index (χ1) is 11.0. The molecule has 2 aromatic rings. The first-order valence-corrected chi connectivity index (χ1v) is 8.79. The molecular formula is C14H15ClN4O3S. The highest BCUT2D eigenvalue weighted by atomic mass is 35.5. The quantitative estimate of drug-likeness (QED) is 0.742. The summed E-state index contributed by atoms with van der Waals surface area (Å²) in [6.07, 6.45) is 3.77. The summed E-state index contributed by atoms with van der Waals surface area (Å²) in [5.41, 5.74) is 0.513. The maximum absolute atomic E-state index is 12.2. The summed E-state index contributed by atoms with van der Waals surface area (Å²) in [6, 6.07) is 7.39. The summed E-state index contributed by atoms with van der Waals surface area (Å²) in [7, 11) is -3.78. The minimum Gasteiger partial charge on any atom is -0.326 e. The minimum atomic E-state index is -3.78. The summed E-state index contributed by atoms with van der Waals surface area (Å²) in [6.45, 7) is 0. The zero-order chi connectivity index (χ0) is 16.7. The van der Waals surface area contributed by atoms with E-state index < -0.39 is 10.0 Å². The van der Waals surface area contributed by atoms with Crippen LogP contribution in [0.5, 0.6) is 0 Å². The van der Waals surface area contributed by atoms with Gasteiger partial charge in [-0.25, -0.2) is 23.1 Å². The second-order valence-corrected chi connectivity index (χ2v) is 6.60. The third kappa shape index (κ3) is 5.19. The average molecular weight is 355 g/mol. The van der Waals surface area contributed by atoms with Gasteiger partial charge in [0.1, 0.15) is 0 Å². The Morgan fingerprint density at radius 2 is 1.78 bits per heavy atom. The lowest BCUT2D eigenvalue weighted by molar-refractivity contribution is -0.116. The van der Waals surface area contributed by atoms with Crippen LogP contribution in [0.2, 0.25) is 0 Å². The number of sulfonamides is 1. The summed E-state index contributed by atoms with van der Waals surface area (Å²) in [5, 5.41) is 2.67. The van der Waals surface area contributed by atoms with Crippen LogP contribution in [0.4, 0.5) is 11.6 Å². The maximum atomic E-state index is 12.2. The Labute approximate surface area is 139 Å². The van der Waals surface area contributed by atoms with Gasteiger partial charge in [0.05, 0.1) is 4.90 Å². The smallest absolute Gasteiger partial charge is 0.264 e. The van der Waals surface area contributed by atoms with Crippen molar-refractivity contribution >= 4 is 39.2 Å². The molecule has 0 fully saturated rings. The largest absolute Gasteiger partial charge is 0.326 e. The zero-order valence-electron chi connectivity index (χ0n) is 12.1. The van der Waals surface area contributed by atoms with Crippen molar-refractivity contribution in [3.63, 3.8) is 0 Å². The van der Waals surface area contributed by atoms with Crippen LogP contribution in [0.1, 0.15) is 12.8 Å². The number of anilines is 2. The van der Waals surface area contributed by atoms with Crippen LogP contribution >= 0.6 is 11.6 Å². The molecule has 2 rings (SSSR count). The van der Waals surface area contributed by atoms with Crippen LogP contribution < -0.4 is 10.0 Å². The van der Waals surface area contributed by atoms with Crippen molar-refractivity contribution in [1.82, 2.24) is 9.97 Å². The number of carbonyl (C=O) groups is 1. The molecule has 9 heteroatoms. The molecule has 23 heavy (non-hydrogen) atoms. The van der Waals surface area contributed by atoms with Crippen molar-refractivity contribution in [3.8, 4) is 0 Å². The van der Waals surface area contributed by atoms with E-state index in [1.54, 1.807) is 6.07 Å². The van der Waals surface area contributed by atoms with Crippen molar-refractivity contribution < 1.29 is 13.2 Å². The van der Waals surface area contributed by atoms with Crippen LogP contribution in [0.15, 0.2) is 47.6 Å². The van der Waals surface area contributed by atoms with Crippen molar-refractivity contribution in [1.29, 1.82) is 0 Å². The Bertz CT molecular complexity index is 751. The number of rotatable bonds is 7. The van der Waals surface area contributed by atoms with Gasteiger partial charge in [0.2, 0.25) is 11.9 Å². The fourth-order valence-corrected chi connectivity index (χ4v) is 2.79. The molecule has 0 atom stereocenters. The number of hydrogen-bond acceptors (Lipinski definition) is 5. The third-order valence-corrected chi connectivity index (χ3v) is 4.39. The minimum absolute atomic E-state index is 0.00838. The van der Waals surface area contributed by atoms with E-state index in [0.717, 1.165) is 0 Å². The normalized spacial score (nSPS) is 11.0. The summed E-state index contributed by atoms with van der Waals surface area (Å²) in [4.78, 5) is 19.2. The molecule has 7 nitrogen and oxygen atoms in total. The standard InChI is InChI=1S/C14H15ClN4O3S/c15-8-1-3-13(20)18-11-4-6-12(7-5-11)23(21,22)19-14-16-9-2-10-17-14/h2,4-7,9-10H,1,3,8H2,(H,18,20)(H,16,17,19). The topological polar surface area (TPSA) is 101 Å². The van der Waals surface area contributed by atoms with E-state index in [4.69, 9.17) is 11.6 Å². The molecule has 2 N–H and O–H groups in total. The predicted octanol–water partition coefficient (Wildman–Crippen LogP) is 2.23. The monoisotopic (exact) mass is 354 g/mol. The van der Waals surface area contributed by atoms with E-state index in [1.807, 2.05) is 0 Å². The van der Waals surface area contributed by atoms with Gasteiger partial charge >= 0.3 is 0 Å². The van der Waals surface area contributed by atoms with Gasteiger partial charge in [-0.15, -0.1) is 11.6 Å². The Morgan fingerprint density at radius 1 is 1.13 bits per heavy atom. The van der Waals surface area contributed by atoms with Gasteiger partial charge in [0, 0.05) is 30.4 Å². The van der Waals surface area contributed by atoms with Gasteiger partial charge in [0.25, 0.3) is 10.0 Å². The first kappa shape index (κ1) is 17.2. The highest BCUT2D eigenvalue weighted by molar-refractivity contribution is 7.92. The summed E-state index contributed by atoms with van der Waals surface area (Å²) >= 11 is 5.52. The van der Waals surface area contributed by atoms with Crippen LogP contribution in [0.25, 0.3) is 0 Å². The van der Waals surface area contributed by atoms with E-state index in [0.29, 0.717) is 24.4 Å². The molecule has 0 saturated carbocycles. The molecule has 0 radical (unpaired) electrons. The molecule has 122 valence electrons. The molecular weight excluding hydrogens is 340 g/mol. The number of amides is 1. The second-order valence-electron chi connectivity index (χ2n) is 4.54. The SMILES string of the molecule is O=C(CCCCl)Nc1ccc(S(=O)(=O)Nc2ncccn2)cc1. The molecule has 1 heterocycles. The molecule has 0 aliphatic carbocycles. The van der Waals surface area contributed by atoms with Crippen LogP contribution in [0.3, 0.4) is 0 Å². The second kappa shape index (κ2) is 7.89. The Morgan fingerprint density at radius 3 is 2.39 bits per heavy atom. The van der Waals surface area contributed by atoms with E-state index in [1.165, 1.54) is 36.7 Å². The van der Waals surface area contributed by atoms with Crippen molar-refractivity contribution in [2.75, 3.05) is 15.9 Å². The Hall–Kier alpha value is -2.19. The molecule has 1 amide bonds. The lowest BCUT2D eigenvalue weighted by Crippen LogP contribution is -2.15. The lowest BCUT2D eigenvalue weighted by atomic mass is 10.3. The summed E-state index contributed by atoms with van der Waals surface area (Å²) in [5.74, 6) is 0.237. The molecule has 0 bridgehead atoms. The average Bonchev–Trinajstić information content (AvgIpc) is 2.54. The lowest BCUT2D eigenvalue weighted by Gasteiger charge is -2.08. The third-order valence-electron chi connectivity index (χ3n) is 2.78. The van der Waals surface area contributed by atoms with Gasteiger partial charge in [-0.2, -0.15) is 0 Å². The van der Waals surface area contributed by atoms with Gasteiger partial charge < -0.3 is 5.32 Å². The van der Waals surface area contributed by atoms with Gasteiger partial charge in [-0.05, 0) is 36.8 Å². The Balaban J connectivity index is 2.05. The number of carbonyl (C=O) groups excluding carboxylic acids is 1. The zero-order valence-corrected chi connectivity index (χ0v) is 13.6. The van der Waals surface area contributed by atoms with Crippen molar-refractivity contribution in [2.45, 2.75) is 17.7 Å². The van der Waals surface area contributed by atoms with Crippen molar-refractivity contribution in [2.24, 2.45) is 0 Å². The van der Waals surface area contributed by atoms with E-state index in [-0.39, 0.29) is 16.8 Å². The molecule has 0 saturated heterocycles. The van der Waals surface area contributed by atoms with Crippen LogP contribution in [-0.4, -0.2) is 30.2 Å². The number of hydrogen-bond donors (Lipinski definition) is 2. The molecule has 0 spiro atoms. The number of aromatic nitrogens is 2. The Kier molecular flexibility index (Phi) is 5.89.